The van der Waals surface area contributed by atoms with Crippen molar-refractivity contribution >= 4 is 5.91 Å². The highest BCUT2D eigenvalue weighted by atomic mass is 16.5. The molecule has 0 aliphatic carbocycles. The van der Waals surface area contributed by atoms with E-state index in [2.05, 4.69) is 19.9 Å². The summed E-state index contributed by atoms with van der Waals surface area (Å²) in [6.45, 7) is 5.32. The summed E-state index contributed by atoms with van der Waals surface area (Å²) >= 11 is 0. The molecule has 1 amide bonds. The van der Waals surface area contributed by atoms with E-state index >= 15 is 0 Å². The van der Waals surface area contributed by atoms with Gasteiger partial charge in [0.1, 0.15) is 5.75 Å². The quantitative estimate of drug-likeness (QED) is 0.901. The molecular formula is C15H21NO3. The number of β-amino-alcohol motifs (C(OH)–C–C–N with tert-alkyl or cyclic N) is 1. The Balaban J connectivity index is 1.88. The van der Waals surface area contributed by atoms with E-state index in [1.54, 1.807) is 4.90 Å². The van der Waals surface area contributed by atoms with Gasteiger partial charge in [-0.1, -0.05) is 26.0 Å². The van der Waals surface area contributed by atoms with Crippen LogP contribution in [0.3, 0.4) is 0 Å². The lowest BCUT2D eigenvalue weighted by Gasteiger charge is -2.16. The second kappa shape index (κ2) is 6.06. The average molecular weight is 263 g/mol. The molecule has 1 aromatic rings. The first-order valence-corrected chi connectivity index (χ1v) is 6.75. The summed E-state index contributed by atoms with van der Waals surface area (Å²) in [5.74, 6) is 1.10. The van der Waals surface area contributed by atoms with Gasteiger partial charge in [0.2, 0.25) is 0 Å². The summed E-state index contributed by atoms with van der Waals surface area (Å²) in [7, 11) is 0. The maximum atomic E-state index is 11.9. The number of nitrogens with zero attached hydrogens (tertiary/aromatic N) is 1. The monoisotopic (exact) mass is 263 g/mol. The molecule has 0 bridgehead atoms. The Kier molecular flexibility index (Phi) is 4.43. The van der Waals surface area contributed by atoms with E-state index in [1.165, 1.54) is 5.56 Å². The maximum Gasteiger partial charge on any atom is 0.260 e. The van der Waals surface area contributed by atoms with Crippen molar-refractivity contribution in [3.05, 3.63) is 29.8 Å². The molecule has 104 valence electrons. The van der Waals surface area contributed by atoms with Crippen LogP contribution >= 0.6 is 0 Å². The van der Waals surface area contributed by atoms with Crippen LogP contribution in [0.4, 0.5) is 0 Å². The predicted octanol–water partition coefficient (Wildman–Crippen LogP) is 1.78. The molecule has 0 spiro atoms. The molecule has 1 aliphatic heterocycles. The number of benzene rings is 1. The highest BCUT2D eigenvalue weighted by Gasteiger charge is 2.24. The molecule has 1 saturated heterocycles. The summed E-state index contributed by atoms with van der Waals surface area (Å²) in [6, 6.07) is 7.82. The zero-order valence-corrected chi connectivity index (χ0v) is 11.5. The molecule has 0 saturated carbocycles. The van der Waals surface area contributed by atoms with Crippen LogP contribution < -0.4 is 4.74 Å². The zero-order valence-electron chi connectivity index (χ0n) is 11.5. The summed E-state index contributed by atoms with van der Waals surface area (Å²) < 4.78 is 5.53. The van der Waals surface area contributed by atoms with Gasteiger partial charge in [-0.2, -0.15) is 0 Å². The summed E-state index contributed by atoms with van der Waals surface area (Å²) in [5.41, 5.74) is 1.20. The summed E-state index contributed by atoms with van der Waals surface area (Å²) in [5, 5.41) is 9.40. The zero-order chi connectivity index (χ0) is 13.8. The van der Waals surface area contributed by atoms with Crippen molar-refractivity contribution in [3.63, 3.8) is 0 Å². The van der Waals surface area contributed by atoms with Crippen molar-refractivity contribution in [2.24, 2.45) is 0 Å². The van der Waals surface area contributed by atoms with E-state index in [4.69, 9.17) is 4.74 Å². The first-order valence-electron chi connectivity index (χ1n) is 6.75. The molecule has 1 atom stereocenters. The first kappa shape index (κ1) is 13.9. The normalized spacial score (nSPS) is 18.9. The molecule has 0 radical (unpaired) electrons. The van der Waals surface area contributed by atoms with Crippen LogP contribution in [0.5, 0.6) is 5.75 Å². The van der Waals surface area contributed by atoms with Crippen molar-refractivity contribution in [2.45, 2.75) is 32.3 Å². The third-order valence-electron chi connectivity index (χ3n) is 3.40. The topological polar surface area (TPSA) is 49.8 Å². The highest BCUT2D eigenvalue weighted by Crippen LogP contribution is 2.20. The predicted molar refractivity (Wildman–Crippen MR) is 73.2 cm³/mol. The molecule has 4 nitrogen and oxygen atoms in total. The Bertz CT molecular complexity index is 445. The number of aliphatic hydroxyl groups is 1. The number of hydrogen-bond donors (Lipinski definition) is 1. The lowest BCUT2D eigenvalue weighted by molar-refractivity contribution is -0.132. The van der Waals surface area contributed by atoms with Gasteiger partial charge >= 0.3 is 0 Å². The Morgan fingerprint density at radius 3 is 2.95 bits per heavy atom. The number of rotatable bonds is 4. The third kappa shape index (κ3) is 3.70. The molecular weight excluding hydrogens is 242 g/mol. The minimum Gasteiger partial charge on any atom is -0.484 e. The van der Waals surface area contributed by atoms with Crippen LogP contribution in [0.25, 0.3) is 0 Å². The molecule has 1 aromatic carbocycles. The lowest BCUT2D eigenvalue weighted by atomic mass is 10.0. The van der Waals surface area contributed by atoms with Gasteiger partial charge in [0.25, 0.3) is 5.91 Å². The smallest absolute Gasteiger partial charge is 0.260 e. The number of likely N-dealkylation sites (tertiary alicyclic amines) is 1. The molecule has 19 heavy (non-hydrogen) atoms. The SMILES string of the molecule is CC(C)c1cccc(OCC(=O)N2CC[C@H](O)C2)c1. The Labute approximate surface area is 114 Å². The fraction of sp³-hybridized carbons (Fsp3) is 0.533. The third-order valence-corrected chi connectivity index (χ3v) is 3.40. The van der Waals surface area contributed by atoms with E-state index in [-0.39, 0.29) is 18.6 Å². The van der Waals surface area contributed by atoms with Gasteiger partial charge in [0, 0.05) is 13.1 Å². The van der Waals surface area contributed by atoms with Crippen molar-refractivity contribution in [1.82, 2.24) is 4.90 Å². The van der Waals surface area contributed by atoms with Gasteiger partial charge in [0.15, 0.2) is 6.61 Å². The van der Waals surface area contributed by atoms with E-state index < -0.39 is 0 Å². The first-order chi connectivity index (χ1) is 9.06. The molecule has 1 fully saturated rings. The molecule has 1 aliphatic rings. The fourth-order valence-electron chi connectivity index (χ4n) is 2.17. The van der Waals surface area contributed by atoms with E-state index in [0.29, 0.717) is 25.4 Å². The van der Waals surface area contributed by atoms with E-state index in [9.17, 15) is 9.90 Å². The van der Waals surface area contributed by atoms with Crippen molar-refractivity contribution in [2.75, 3.05) is 19.7 Å². The number of amides is 1. The summed E-state index contributed by atoms with van der Waals surface area (Å²) in [4.78, 5) is 13.5. The largest absolute Gasteiger partial charge is 0.484 e. The molecule has 2 rings (SSSR count). The minimum atomic E-state index is -0.381. The number of carbonyl (C=O) groups excluding carboxylic acids is 1. The van der Waals surface area contributed by atoms with Gasteiger partial charge in [0.05, 0.1) is 6.10 Å². The second-order valence-electron chi connectivity index (χ2n) is 5.30. The van der Waals surface area contributed by atoms with E-state index in [1.807, 2.05) is 18.2 Å². The van der Waals surface area contributed by atoms with Crippen LogP contribution in [0.15, 0.2) is 24.3 Å². The van der Waals surface area contributed by atoms with Crippen LogP contribution in [-0.2, 0) is 4.79 Å². The van der Waals surface area contributed by atoms with Crippen LogP contribution in [0, 0.1) is 0 Å². The van der Waals surface area contributed by atoms with E-state index in [0.717, 1.165) is 5.75 Å². The van der Waals surface area contributed by atoms with Crippen molar-refractivity contribution < 1.29 is 14.6 Å². The van der Waals surface area contributed by atoms with Gasteiger partial charge in [-0.15, -0.1) is 0 Å². The fourth-order valence-corrected chi connectivity index (χ4v) is 2.17. The number of hydrogen-bond acceptors (Lipinski definition) is 3. The van der Waals surface area contributed by atoms with Crippen LogP contribution in [0.2, 0.25) is 0 Å². The number of carbonyl (C=O) groups is 1. The van der Waals surface area contributed by atoms with Crippen molar-refractivity contribution in [3.8, 4) is 5.75 Å². The molecule has 0 aromatic heterocycles. The lowest BCUT2D eigenvalue weighted by Crippen LogP contribution is -2.33. The van der Waals surface area contributed by atoms with Crippen molar-refractivity contribution in [1.29, 1.82) is 0 Å². The highest BCUT2D eigenvalue weighted by molar-refractivity contribution is 5.78. The van der Waals surface area contributed by atoms with Gasteiger partial charge in [-0.3, -0.25) is 4.79 Å². The van der Waals surface area contributed by atoms with Gasteiger partial charge in [-0.25, -0.2) is 0 Å². The van der Waals surface area contributed by atoms with Gasteiger partial charge in [-0.05, 0) is 30.0 Å². The minimum absolute atomic E-state index is 0.0360. The van der Waals surface area contributed by atoms with Crippen LogP contribution in [-0.4, -0.2) is 41.7 Å². The molecule has 0 unspecified atom stereocenters. The second-order valence-corrected chi connectivity index (χ2v) is 5.30. The maximum absolute atomic E-state index is 11.9. The standard InChI is InChI=1S/C15H21NO3/c1-11(2)12-4-3-5-14(8-12)19-10-15(18)16-7-6-13(17)9-16/h3-5,8,11,13,17H,6-7,9-10H2,1-2H3/t13-/m0/s1. The van der Waals surface area contributed by atoms with Crippen LogP contribution in [0.1, 0.15) is 31.7 Å². The molecule has 1 N–H and O–H groups in total. The Morgan fingerprint density at radius 2 is 2.32 bits per heavy atom. The van der Waals surface area contributed by atoms with Gasteiger partial charge < -0.3 is 14.7 Å². The average Bonchev–Trinajstić information content (AvgIpc) is 2.83. The number of aliphatic hydroxyl groups excluding tert-OH is 1. The Morgan fingerprint density at radius 1 is 1.53 bits per heavy atom. The number of ether oxygens (including phenoxy) is 1. The Hall–Kier alpha value is -1.55. The molecule has 4 heteroatoms. The molecule has 1 heterocycles. The summed E-state index contributed by atoms with van der Waals surface area (Å²) in [6.07, 6.45) is 0.280.